The Labute approximate surface area is 123 Å². The Morgan fingerprint density at radius 2 is 2.15 bits per heavy atom. The predicted molar refractivity (Wildman–Crippen MR) is 82.3 cm³/mol. The normalized spacial score (nSPS) is 21.1. The quantitative estimate of drug-likeness (QED) is 0.903. The molecule has 1 aromatic carbocycles. The van der Waals surface area contributed by atoms with Gasteiger partial charge in [-0.3, -0.25) is 0 Å². The molecule has 1 aliphatic rings. The summed E-state index contributed by atoms with van der Waals surface area (Å²) >= 11 is 1.72. The highest BCUT2D eigenvalue weighted by molar-refractivity contribution is 7.11. The van der Waals surface area contributed by atoms with Crippen LogP contribution in [0.5, 0.6) is 5.75 Å². The summed E-state index contributed by atoms with van der Waals surface area (Å²) < 4.78 is 0. The van der Waals surface area contributed by atoms with Gasteiger partial charge in [-0.05, 0) is 43.4 Å². The lowest BCUT2D eigenvalue weighted by molar-refractivity contribution is 0.445. The van der Waals surface area contributed by atoms with Crippen molar-refractivity contribution in [3.63, 3.8) is 0 Å². The molecule has 2 aromatic rings. The minimum Gasteiger partial charge on any atom is -0.508 e. The molecule has 1 heterocycles. The Hall–Kier alpha value is -1.39. The predicted octanol–water partition coefficient (Wildman–Crippen LogP) is 3.80. The van der Waals surface area contributed by atoms with E-state index in [1.165, 1.54) is 16.0 Å². The molecule has 0 radical (unpaired) electrons. The number of aromatic hydroxyl groups is 1. The molecular weight excluding hydrogens is 268 g/mol. The minimum absolute atomic E-state index is 0.226. The summed E-state index contributed by atoms with van der Waals surface area (Å²) in [5, 5.41) is 14.9. The number of thiazole rings is 1. The zero-order chi connectivity index (χ0) is 14.3. The highest BCUT2D eigenvalue weighted by Crippen LogP contribution is 2.45. The van der Waals surface area contributed by atoms with Crippen LogP contribution in [-0.4, -0.2) is 10.1 Å². The smallest absolute Gasteiger partial charge is 0.120 e. The molecule has 2 unspecified atom stereocenters. The van der Waals surface area contributed by atoms with Gasteiger partial charge in [0.05, 0.1) is 0 Å². The molecule has 0 saturated carbocycles. The van der Waals surface area contributed by atoms with Crippen LogP contribution >= 0.6 is 11.3 Å². The van der Waals surface area contributed by atoms with Crippen LogP contribution in [0.25, 0.3) is 0 Å². The van der Waals surface area contributed by atoms with Crippen LogP contribution in [0.2, 0.25) is 0 Å². The van der Waals surface area contributed by atoms with E-state index in [-0.39, 0.29) is 6.04 Å². The fourth-order valence-corrected chi connectivity index (χ4v) is 3.96. The summed E-state index contributed by atoms with van der Waals surface area (Å²) in [7, 11) is 0. The topological polar surface area (TPSA) is 45.2 Å². The van der Waals surface area contributed by atoms with Gasteiger partial charge in [-0.15, -0.1) is 11.3 Å². The maximum absolute atomic E-state index is 10.2. The van der Waals surface area contributed by atoms with Crippen molar-refractivity contribution < 1.29 is 5.11 Å². The van der Waals surface area contributed by atoms with Gasteiger partial charge in [0, 0.05) is 29.2 Å². The molecule has 0 spiro atoms. The second-order valence-corrected chi connectivity index (χ2v) is 6.98. The number of aryl methyl sites for hydroxylation is 2. The second kappa shape index (κ2) is 5.19. The van der Waals surface area contributed by atoms with Crippen LogP contribution in [0, 0.1) is 13.8 Å². The largest absolute Gasteiger partial charge is 0.508 e. The highest BCUT2D eigenvalue weighted by Gasteiger charge is 2.31. The van der Waals surface area contributed by atoms with E-state index in [4.69, 9.17) is 0 Å². The molecule has 0 aliphatic heterocycles. The van der Waals surface area contributed by atoms with Crippen molar-refractivity contribution in [2.45, 2.75) is 45.7 Å². The van der Waals surface area contributed by atoms with Crippen LogP contribution in [0.3, 0.4) is 0 Å². The molecule has 3 rings (SSSR count). The lowest BCUT2D eigenvalue weighted by Crippen LogP contribution is -2.18. The van der Waals surface area contributed by atoms with E-state index < -0.39 is 0 Å². The molecule has 0 saturated heterocycles. The van der Waals surface area contributed by atoms with Crippen LogP contribution in [0.15, 0.2) is 18.3 Å². The molecule has 4 heteroatoms. The van der Waals surface area contributed by atoms with E-state index in [0.717, 1.165) is 23.5 Å². The van der Waals surface area contributed by atoms with Gasteiger partial charge in [-0.1, -0.05) is 13.0 Å². The highest BCUT2D eigenvalue weighted by atomic mass is 32.1. The molecule has 3 nitrogen and oxygen atoms in total. The molecule has 2 atom stereocenters. The first-order valence-corrected chi connectivity index (χ1v) is 7.85. The number of fused-ring (bicyclic) bond motifs is 1. The van der Waals surface area contributed by atoms with Crippen molar-refractivity contribution in [2.75, 3.05) is 0 Å². The van der Waals surface area contributed by atoms with Gasteiger partial charge in [0.25, 0.3) is 0 Å². The van der Waals surface area contributed by atoms with Crippen LogP contribution in [0.1, 0.15) is 51.9 Å². The van der Waals surface area contributed by atoms with Crippen LogP contribution < -0.4 is 5.32 Å². The van der Waals surface area contributed by atoms with E-state index in [0.29, 0.717) is 11.7 Å². The number of hydrogen-bond acceptors (Lipinski definition) is 4. The Balaban J connectivity index is 1.82. The molecule has 1 aromatic heterocycles. The number of nitrogens with one attached hydrogen (secondary N) is 1. The lowest BCUT2D eigenvalue weighted by Gasteiger charge is -2.15. The SMILES string of the molecule is Cc1cnc(CNC2CC(C)c3c(C)ccc(O)c32)s1. The average Bonchev–Trinajstić information content (AvgIpc) is 2.96. The van der Waals surface area contributed by atoms with Gasteiger partial charge in [0.1, 0.15) is 10.8 Å². The number of rotatable bonds is 3. The molecule has 0 bridgehead atoms. The maximum Gasteiger partial charge on any atom is 0.120 e. The Morgan fingerprint density at radius 1 is 1.35 bits per heavy atom. The maximum atomic E-state index is 10.2. The van der Waals surface area contributed by atoms with Crippen molar-refractivity contribution >= 4 is 11.3 Å². The molecule has 0 fully saturated rings. The van der Waals surface area contributed by atoms with Gasteiger partial charge >= 0.3 is 0 Å². The van der Waals surface area contributed by atoms with Gasteiger partial charge in [0.15, 0.2) is 0 Å². The summed E-state index contributed by atoms with van der Waals surface area (Å²) in [4.78, 5) is 5.62. The number of phenolic OH excluding ortho intramolecular Hbond substituents is 1. The van der Waals surface area contributed by atoms with Crippen LogP contribution in [0.4, 0.5) is 0 Å². The number of aromatic nitrogens is 1. The number of phenols is 1. The monoisotopic (exact) mass is 288 g/mol. The molecular formula is C16H20N2OS. The molecule has 2 N–H and O–H groups in total. The van der Waals surface area contributed by atoms with E-state index in [1.807, 2.05) is 18.3 Å². The first kappa shape index (κ1) is 13.6. The third-order valence-corrected chi connectivity index (χ3v) is 4.99. The fraction of sp³-hybridized carbons (Fsp3) is 0.438. The summed E-state index contributed by atoms with van der Waals surface area (Å²) in [6.45, 7) is 7.20. The van der Waals surface area contributed by atoms with Gasteiger partial charge in [-0.2, -0.15) is 0 Å². The fourth-order valence-electron chi connectivity index (χ4n) is 3.22. The van der Waals surface area contributed by atoms with E-state index in [9.17, 15) is 5.11 Å². The Bertz CT molecular complexity index is 635. The van der Waals surface area contributed by atoms with E-state index >= 15 is 0 Å². The van der Waals surface area contributed by atoms with Crippen molar-refractivity contribution in [1.82, 2.24) is 10.3 Å². The summed E-state index contributed by atoms with van der Waals surface area (Å²) in [5.41, 5.74) is 3.68. The van der Waals surface area contributed by atoms with E-state index in [1.54, 1.807) is 11.3 Å². The third-order valence-electron chi connectivity index (χ3n) is 4.08. The second-order valence-electron chi connectivity index (χ2n) is 5.66. The van der Waals surface area contributed by atoms with Crippen LogP contribution in [-0.2, 0) is 6.54 Å². The first-order chi connectivity index (χ1) is 9.56. The zero-order valence-electron chi connectivity index (χ0n) is 12.1. The Kier molecular flexibility index (Phi) is 3.52. The summed E-state index contributed by atoms with van der Waals surface area (Å²) in [6.07, 6.45) is 2.95. The Morgan fingerprint density at radius 3 is 2.85 bits per heavy atom. The van der Waals surface area contributed by atoms with Gasteiger partial charge in [0.2, 0.25) is 0 Å². The van der Waals surface area contributed by atoms with Gasteiger partial charge < -0.3 is 10.4 Å². The first-order valence-electron chi connectivity index (χ1n) is 7.03. The van der Waals surface area contributed by atoms with Crippen molar-refractivity contribution in [3.8, 4) is 5.75 Å². The van der Waals surface area contributed by atoms with Crippen molar-refractivity contribution in [3.05, 3.63) is 44.9 Å². The molecule has 1 aliphatic carbocycles. The average molecular weight is 288 g/mol. The number of hydrogen-bond donors (Lipinski definition) is 2. The summed E-state index contributed by atoms with van der Waals surface area (Å²) in [6, 6.07) is 4.05. The van der Waals surface area contributed by atoms with Crippen molar-refractivity contribution in [2.24, 2.45) is 0 Å². The molecule has 0 amide bonds. The third kappa shape index (κ3) is 2.34. The molecule has 20 heavy (non-hydrogen) atoms. The van der Waals surface area contributed by atoms with Crippen molar-refractivity contribution in [1.29, 1.82) is 0 Å². The standard InChI is InChI=1S/C16H20N2OS/c1-9-4-5-13(19)16-12(6-10(2)15(9)16)17-8-14-18-7-11(3)20-14/h4-5,7,10,12,17,19H,6,8H2,1-3H3. The van der Waals surface area contributed by atoms with E-state index in [2.05, 4.69) is 31.1 Å². The minimum atomic E-state index is 0.226. The lowest BCUT2D eigenvalue weighted by atomic mass is 9.97. The number of nitrogens with zero attached hydrogens (tertiary/aromatic N) is 1. The van der Waals surface area contributed by atoms with Gasteiger partial charge in [-0.25, -0.2) is 4.98 Å². The molecule has 106 valence electrons. The zero-order valence-corrected chi connectivity index (χ0v) is 12.9. The summed E-state index contributed by atoms with van der Waals surface area (Å²) in [5.74, 6) is 0.912. The number of benzene rings is 1.